The molecule has 132 valence electrons. The fourth-order valence-corrected chi connectivity index (χ4v) is 3.97. The van der Waals surface area contributed by atoms with Gasteiger partial charge in [-0.2, -0.15) is 0 Å². The summed E-state index contributed by atoms with van der Waals surface area (Å²) in [4.78, 5) is 26.2. The maximum Gasteiger partial charge on any atom is 0.331 e. The van der Waals surface area contributed by atoms with E-state index in [1.54, 1.807) is 49.6 Å². The van der Waals surface area contributed by atoms with Crippen LogP contribution in [-0.2, 0) is 9.59 Å². The zero-order valence-electron chi connectivity index (χ0n) is 13.8. The van der Waals surface area contributed by atoms with Crippen LogP contribution in [0, 0.1) is 0 Å². The Bertz CT molecular complexity index is 895. The maximum atomic E-state index is 12.9. The molecule has 1 saturated heterocycles. The third-order valence-electron chi connectivity index (χ3n) is 3.86. The Morgan fingerprint density at radius 2 is 1.85 bits per heavy atom. The summed E-state index contributed by atoms with van der Waals surface area (Å²) in [6.07, 6.45) is 1.67. The minimum Gasteiger partial charge on any atom is -0.496 e. The summed E-state index contributed by atoms with van der Waals surface area (Å²) in [5.74, 6) is -0.941. The van der Waals surface area contributed by atoms with Gasteiger partial charge in [-0.15, -0.1) is 0 Å². The van der Waals surface area contributed by atoms with Crippen molar-refractivity contribution in [1.29, 1.82) is 0 Å². The van der Waals surface area contributed by atoms with E-state index in [1.807, 2.05) is 18.2 Å². The molecule has 1 aliphatic rings. The standard InChI is InChI=1S/C19H15NO4S2/c1-24-14-10-6-5-9-13(14)11-15-17(21)20(19(25)26-15)16(18(22)23)12-7-3-2-4-8-12/h2-11,16H,1H3,(H,22,23)/b15-11-/t16-/m1/s1. The lowest BCUT2D eigenvalue weighted by molar-refractivity contribution is -0.145. The monoisotopic (exact) mass is 385 g/mol. The van der Waals surface area contributed by atoms with E-state index in [0.29, 0.717) is 16.2 Å². The number of carbonyl (C=O) groups is 2. The van der Waals surface area contributed by atoms with Crippen LogP contribution in [0.3, 0.4) is 0 Å². The van der Waals surface area contributed by atoms with E-state index in [9.17, 15) is 14.7 Å². The normalized spacial score (nSPS) is 16.8. The first kappa shape index (κ1) is 18.2. The van der Waals surface area contributed by atoms with Crippen molar-refractivity contribution in [2.45, 2.75) is 6.04 Å². The van der Waals surface area contributed by atoms with Crippen molar-refractivity contribution in [3.63, 3.8) is 0 Å². The predicted octanol–water partition coefficient (Wildman–Crippen LogP) is 3.72. The van der Waals surface area contributed by atoms with Crippen LogP contribution in [0.2, 0.25) is 0 Å². The topological polar surface area (TPSA) is 66.8 Å². The number of amides is 1. The highest BCUT2D eigenvalue weighted by Gasteiger charge is 2.41. The number of thioether (sulfide) groups is 1. The van der Waals surface area contributed by atoms with E-state index in [-0.39, 0.29) is 4.32 Å². The lowest BCUT2D eigenvalue weighted by atomic mass is 10.1. The number of methoxy groups -OCH3 is 1. The maximum absolute atomic E-state index is 12.9. The van der Waals surface area contributed by atoms with E-state index in [2.05, 4.69) is 0 Å². The number of rotatable bonds is 5. The summed E-state index contributed by atoms with van der Waals surface area (Å²) in [6, 6.07) is 14.7. The summed E-state index contributed by atoms with van der Waals surface area (Å²) in [5, 5.41) is 9.68. The molecule has 1 fully saturated rings. The quantitative estimate of drug-likeness (QED) is 0.625. The summed E-state index contributed by atoms with van der Waals surface area (Å²) < 4.78 is 5.51. The van der Waals surface area contributed by atoms with Crippen LogP contribution in [0.15, 0.2) is 59.5 Å². The largest absolute Gasteiger partial charge is 0.496 e. The Hall–Kier alpha value is -2.64. The van der Waals surface area contributed by atoms with Crippen molar-refractivity contribution < 1.29 is 19.4 Å². The minimum atomic E-state index is -1.16. The molecule has 2 aromatic carbocycles. The highest BCUT2D eigenvalue weighted by molar-refractivity contribution is 8.26. The molecule has 1 heterocycles. The highest BCUT2D eigenvalue weighted by Crippen LogP contribution is 2.39. The Kier molecular flexibility index (Phi) is 5.39. The zero-order valence-corrected chi connectivity index (χ0v) is 15.4. The number of hydrogen-bond acceptors (Lipinski definition) is 5. The molecule has 1 amide bonds. The number of hydrogen-bond donors (Lipinski definition) is 1. The van der Waals surface area contributed by atoms with Crippen molar-refractivity contribution in [1.82, 2.24) is 4.90 Å². The zero-order chi connectivity index (χ0) is 18.7. The van der Waals surface area contributed by atoms with Gasteiger partial charge < -0.3 is 9.84 Å². The van der Waals surface area contributed by atoms with Crippen LogP contribution in [0.5, 0.6) is 5.75 Å². The molecule has 3 rings (SSSR count). The summed E-state index contributed by atoms with van der Waals surface area (Å²) in [5.41, 5.74) is 1.22. The number of para-hydroxylation sites is 1. The van der Waals surface area contributed by atoms with E-state index >= 15 is 0 Å². The first-order valence-electron chi connectivity index (χ1n) is 7.70. The second-order valence-corrected chi connectivity index (χ2v) is 7.12. The van der Waals surface area contributed by atoms with Gasteiger partial charge in [0.1, 0.15) is 10.1 Å². The molecule has 1 aliphatic heterocycles. The summed E-state index contributed by atoms with van der Waals surface area (Å²) >= 11 is 6.39. The van der Waals surface area contributed by atoms with Crippen LogP contribution in [-0.4, -0.2) is 33.3 Å². The van der Waals surface area contributed by atoms with Gasteiger partial charge in [0.2, 0.25) is 0 Å². The SMILES string of the molecule is COc1ccccc1/C=C1\SC(=S)N([C@@H](C(=O)O)c2ccccc2)C1=O. The number of carbonyl (C=O) groups excluding carboxylic acids is 1. The molecule has 1 atom stereocenters. The number of benzene rings is 2. The Balaban J connectivity index is 1.98. The van der Waals surface area contributed by atoms with Crippen LogP contribution in [0.4, 0.5) is 0 Å². The summed E-state index contributed by atoms with van der Waals surface area (Å²) in [7, 11) is 1.55. The average Bonchev–Trinajstić information content (AvgIpc) is 2.91. The Morgan fingerprint density at radius 1 is 1.19 bits per heavy atom. The van der Waals surface area contributed by atoms with Gasteiger partial charge in [0, 0.05) is 5.56 Å². The minimum absolute atomic E-state index is 0.215. The first-order chi connectivity index (χ1) is 12.5. The van der Waals surface area contributed by atoms with Gasteiger partial charge in [-0.05, 0) is 17.7 Å². The number of thiocarbonyl (C=S) groups is 1. The van der Waals surface area contributed by atoms with Crippen LogP contribution in [0.25, 0.3) is 6.08 Å². The lowest BCUT2D eigenvalue weighted by Gasteiger charge is -2.23. The number of nitrogens with zero attached hydrogens (tertiary/aromatic N) is 1. The van der Waals surface area contributed by atoms with Gasteiger partial charge >= 0.3 is 5.97 Å². The van der Waals surface area contributed by atoms with Crippen LogP contribution >= 0.6 is 24.0 Å². The van der Waals surface area contributed by atoms with Crippen molar-refractivity contribution in [3.05, 3.63) is 70.6 Å². The van der Waals surface area contributed by atoms with Crippen molar-refractivity contribution >= 4 is 46.3 Å². The molecule has 0 bridgehead atoms. The highest BCUT2D eigenvalue weighted by atomic mass is 32.2. The molecule has 0 unspecified atom stereocenters. The third-order valence-corrected chi connectivity index (χ3v) is 5.19. The van der Waals surface area contributed by atoms with Gasteiger partial charge in [0.05, 0.1) is 12.0 Å². The Labute approximate surface area is 160 Å². The second-order valence-electron chi connectivity index (χ2n) is 5.45. The van der Waals surface area contributed by atoms with E-state index in [1.165, 1.54) is 0 Å². The van der Waals surface area contributed by atoms with Crippen molar-refractivity contribution in [3.8, 4) is 5.75 Å². The van der Waals surface area contributed by atoms with Crippen molar-refractivity contribution in [2.75, 3.05) is 7.11 Å². The molecular formula is C19H15NO4S2. The van der Waals surface area contributed by atoms with Crippen LogP contribution in [0.1, 0.15) is 17.2 Å². The molecule has 2 aromatic rings. The van der Waals surface area contributed by atoms with Gasteiger partial charge in [-0.25, -0.2) is 4.79 Å². The third kappa shape index (κ3) is 3.49. The van der Waals surface area contributed by atoms with Crippen molar-refractivity contribution in [2.24, 2.45) is 0 Å². The number of aliphatic carboxylic acids is 1. The molecule has 0 aliphatic carbocycles. The van der Waals surface area contributed by atoms with E-state index in [0.717, 1.165) is 22.2 Å². The fourth-order valence-electron chi connectivity index (χ4n) is 2.67. The molecule has 1 N–H and O–H groups in total. The molecule has 0 spiro atoms. The van der Waals surface area contributed by atoms with Gasteiger partial charge in [-0.1, -0.05) is 72.5 Å². The molecule has 7 heteroatoms. The van der Waals surface area contributed by atoms with E-state index in [4.69, 9.17) is 17.0 Å². The molecule has 0 saturated carbocycles. The lowest BCUT2D eigenvalue weighted by Crippen LogP contribution is -2.37. The number of carboxylic acid groups (broad SMARTS) is 1. The van der Waals surface area contributed by atoms with E-state index < -0.39 is 17.9 Å². The average molecular weight is 385 g/mol. The Morgan fingerprint density at radius 3 is 2.50 bits per heavy atom. The van der Waals surface area contributed by atoms with Gasteiger partial charge in [0.25, 0.3) is 5.91 Å². The smallest absolute Gasteiger partial charge is 0.331 e. The summed E-state index contributed by atoms with van der Waals surface area (Å²) in [6.45, 7) is 0. The fraction of sp³-hybridized carbons (Fsp3) is 0.105. The molecule has 0 aromatic heterocycles. The number of carboxylic acids is 1. The van der Waals surface area contributed by atoms with Gasteiger partial charge in [-0.3, -0.25) is 9.69 Å². The second kappa shape index (κ2) is 7.72. The van der Waals surface area contributed by atoms with Crippen LogP contribution < -0.4 is 4.74 Å². The molecule has 0 radical (unpaired) electrons. The number of ether oxygens (including phenoxy) is 1. The molecular weight excluding hydrogens is 370 g/mol. The first-order valence-corrected chi connectivity index (χ1v) is 8.93. The molecule has 5 nitrogen and oxygen atoms in total. The molecule has 26 heavy (non-hydrogen) atoms. The predicted molar refractivity (Wildman–Crippen MR) is 105 cm³/mol. The van der Waals surface area contributed by atoms with Gasteiger partial charge in [0.15, 0.2) is 6.04 Å².